The van der Waals surface area contributed by atoms with E-state index < -0.39 is 22.4 Å². The van der Waals surface area contributed by atoms with Crippen LogP contribution in [0.5, 0.6) is 11.5 Å². The summed E-state index contributed by atoms with van der Waals surface area (Å²) in [7, 11) is 0. The van der Waals surface area contributed by atoms with Gasteiger partial charge in [-0.15, -0.1) is 0 Å². The monoisotopic (exact) mass is 130 g/mol. The topological polar surface area (TPSA) is 74.6 Å². The van der Waals surface area contributed by atoms with Gasteiger partial charge in [-0.3, -0.25) is 9.59 Å². The Morgan fingerprint density at radius 3 is 1.20 bits per heavy atom. The van der Waals surface area contributed by atoms with E-state index in [2.05, 4.69) is 0 Å². The molecule has 2 N–H and O–H groups in total. The summed E-state index contributed by atoms with van der Waals surface area (Å²) < 4.78 is 0. The quantitative estimate of drug-likeness (QED) is 0.270. The van der Waals surface area contributed by atoms with Crippen LogP contribution in [0.15, 0.2) is 9.59 Å². The van der Waals surface area contributed by atoms with Gasteiger partial charge in [0.25, 0.3) is 10.9 Å². The third-order valence-corrected chi connectivity index (χ3v) is 0.861. The normalized spacial score (nSPS) is 8.00. The molecule has 1 rings (SSSR count). The summed E-state index contributed by atoms with van der Waals surface area (Å²) in [6.07, 6.45) is 0. The molecular formula is C4H4Li2O4. The van der Waals surface area contributed by atoms with Crippen LogP contribution in [0.4, 0.5) is 0 Å². The standard InChI is InChI=1S/C4H2O4.2Li.2H/c5-1-2(6)4(8)3(1)7;;;;/h5-6H;;;;/q;2*+1;2*-1. The molecule has 0 saturated carbocycles. The molecular weight excluding hydrogens is 126 g/mol. The fourth-order valence-corrected chi connectivity index (χ4v) is 0.368. The molecule has 6 heteroatoms. The van der Waals surface area contributed by atoms with Gasteiger partial charge in [-0.25, -0.2) is 0 Å². The zero-order valence-corrected chi connectivity index (χ0v) is 5.71. The first kappa shape index (κ1) is 12.5. The van der Waals surface area contributed by atoms with Crippen molar-refractivity contribution in [3.05, 3.63) is 20.4 Å². The molecule has 0 aromatic heterocycles. The molecule has 46 valence electrons. The molecule has 0 atom stereocenters. The van der Waals surface area contributed by atoms with Crippen molar-refractivity contribution in [1.29, 1.82) is 0 Å². The molecule has 0 bridgehead atoms. The third kappa shape index (κ3) is 1.48. The first-order chi connectivity index (χ1) is 3.64. The van der Waals surface area contributed by atoms with E-state index in [-0.39, 0.29) is 40.6 Å². The molecule has 0 radical (unpaired) electrons. The van der Waals surface area contributed by atoms with Gasteiger partial charge in [0, 0.05) is 0 Å². The molecule has 0 aliphatic carbocycles. The van der Waals surface area contributed by atoms with Crippen LogP contribution in [0.3, 0.4) is 0 Å². The Hall–Kier alpha value is -0.125. The Bertz CT molecular complexity index is 263. The molecule has 0 spiro atoms. The summed E-state index contributed by atoms with van der Waals surface area (Å²) in [4.78, 5) is 19.9. The minimum Gasteiger partial charge on any atom is -1.00 e. The summed E-state index contributed by atoms with van der Waals surface area (Å²) in [5, 5.41) is 16.4. The van der Waals surface area contributed by atoms with Crippen molar-refractivity contribution in [1.82, 2.24) is 0 Å². The van der Waals surface area contributed by atoms with E-state index in [0.717, 1.165) is 0 Å². The van der Waals surface area contributed by atoms with Crippen molar-refractivity contribution in [2.75, 3.05) is 0 Å². The SMILES string of the molecule is O=c1c(O)c(O)c1=O.[H-].[H-].[Li+].[Li+]. The van der Waals surface area contributed by atoms with Crippen LogP contribution in [0, 0.1) is 0 Å². The molecule has 1 aromatic carbocycles. The van der Waals surface area contributed by atoms with E-state index in [9.17, 15) is 9.59 Å². The zero-order chi connectivity index (χ0) is 6.31. The molecule has 4 nitrogen and oxygen atoms in total. The van der Waals surface area contributed by atoms with Gasteiger partial charge in [0.15, 0.2) is 0 Å². The van der Waals surface area contributed by atoms with Crippen LogP contribution < -0.4 is 48.6 Å². The van der Waals surface area contributed by atoms with Crippen molar-refractivity contribution >= 4 is 0 Å². The maximum atomic E-state index is 9.95. The second-order valence-corrected chi connectivity index (χ2v) is 1.36. The molecule has 1 aromatic rings. The van der Waals surface area contributed by atoms with Crippen molar-refractivity contribution in [2.45, 2.75) is 0 Å². The number of aromatic hydroxyl groups is 2. The third-order valence-electron chi connectivity index (χ3n) is 0.861. The second-order valence-electron chi connectivity index (χ2n) is 1.36. The van der Waals surface area contributed by atoms with Crippen LogP contribution >= 0.6 is 0 Å². The van der Waals surface area contributed by atoms with Gasteiger partial charge in [-0.05, 0) is 0 Å². The van der Waals surface area contributed by atoms with Gasteiger partial charge >= 0.3 is 37.7 Å². The minimum atomic E-state index is -1.01. The predicted octanol–water partition coefficient (Wildman–Crippen LogP) is -7.07. The van der Waals surface area contributed by atoms with E-state index >= 15 is 0 Å². The van der Waals surface area contributed by atoms with Gasteiger partial charge < -0.3 is 13.1 Å². The van der Waals surface area contributed by atoms with Gasteiger partial charge in [0.05, 0.1) is 0 Å². The maximum Gasteiger partial charge on any atom is 1.00 e. The maximum absolute atomic E-state index is 9.95. The van der Waals surface area contributed by atoms with Crippen molar-refractivity contribution in [3.63, 3.8) is 0 Å². The Balaban J connectivity index is -0.0000000800. The molecule has 0 heterocycles. The number of hydrogen-bond acceptors (Lipinski definition) is 4. The van der Waals surface area contributed by atoms with E-state index in [1.54, 1.807) is 0 Å². The molecule has 0 fully saturated rings. The first-order valence-corrected chi connectivity index (χ1v) is 1.86. The van der Waals surface area contributed by atoms with Crippen molar-refractivity contribution in [3.8, 4) is 11.5 Å². The van der Waals surface area contributed by atoms with Crippen molar-refractivity contribution in [2.24, 2.45) is 0 Å². The fourth-order valence-electron chi connectivity index (χ4n) is 0.368. The predicted molar refractivity (Wildman–Crippen MR) is 26.9 cm³/mol. The molecule has 0 unspecified atom stereocenters. The van der Waals surface area contributed by atoms with Crippen LogP contribution in [0.1, 0.15) is 2.85 Å². The summed E-state index contributed by atoms with van der Waals surface area (Å²) in [6.45, 7) is 0. The largest absolute Gasteiger partial charge is 1.00 e. The first-order valence-electron chi connectivity index (χ1n) is 1.86. The number of rotatable bonds is 0. The van der Waals surface area contributed by atoms with Gasteiger partial charge in [0.2, 0.25) is 11.5 Å². The average Bonchev–Trinajstić information content (AvgIpc) is 1.83. The molecule has 0 amide bonds. The molecule has 0 saturated heterocycles. The molecule has 0 aliphatic rings. The Labute approximate surface area is 82.9 Å². The number of hydrogen-bond donors (Lipinski definition) is 2. The molecule has 0 aliphatic heterocycles. The van der Waals surface area contributed by atoms with Crippen LogP contribution in [-0.4, -0.2) is 10.2 Å². The Kier molecular flexibility index (Phi) is 4.89. The van der Waals surface area contributed by atoms with Crippen LogP contribution in [0.2, 0.25) is 0 Å². The van der Waals surface area contributed by atoms with Gasteiger partial charge in [-0.2, -0.15) is 0 Å². The fraction of sp³-hybridized carbons (Fsp3) is 0. The Morgan fingerprint density at radius 1 is 0.900 bits per heavy atom. The summed E-state index contributed by atoms with van der Waals surface area (Å²) in [5.74, 6) is -1.65. The van der Waals surface area contributed by atoms with E-state index in [0.29, 0.717) is 0 Å². The van der Waals surface area contributed by atoms with Gasteiger partial charge in [-0.1, -0.05) is 0 Å². The average molecular weight is 130 g/mol. The second kappa shape index (κ2) is 3.90. The minimum absolute atomic E-state index is 0. The van der Waals surface area contributed by atoms with Crippen LogP contribution in [-0.2, 0) is 0 Å². The van der Waals surface area contributed by atoms with Gasteiger partial charge in [0.1, 0.15) is 0 Å². The van der Waals surface area contributed by atoms with Crippen molar-refractivity contribution < 1.29 is 50.8 Å². The summed E-state index contributed by atoms with van der Waals surface area (Å²) >= 11 is 0. The summed E-state index contributed by atoms with van der Waals surface area (Å²) in [6, 6.07) is 0. The Morgan fingerprint density at radius 2 is 1.10 bits per heavy atom. The summed E-state index contributed by atoms with van der Waals surface area (Å²) in [5.41, 5.74) is -2.02. The van der Waals surface area contributed by atoms with E-state index in [1.165, 1.54) is 0 Å². The van der Waals surface area contributed by atoms with Crippen LogP contribution in [0.25, 0.3) is 0 Å². The molecule has 10 heavy (non-hydrogen) atoms. The smallest absolute Gasteiger partial charge is 1.00 e. The van der Waals surface area contributed by atoms with E-state index in [1.807, 2.05) is 0 Å². The van der Waals surface area contributed by atoms with E-state index in [4.69, 9.17) is 10.2 Å². The zero-order valence-electron chi connectivity index (χ0n) is 7.71.